The van der Waals surface area contributed by atoms with Crippen LogP contribution < -0.4 is 10.2 Å². The lowest BCUT2D eigenvalue weighted by molar-refractivity contribution is 0.422. The first kappa shape index (κ1) is 16.0. The van der Waals surface area contributed by atoms with Gasteiger partial charge in [0.2, 0.25) is 0 Å². The number of benzene rings is 1. The van der Waals surface area contributed by atoms with Crippen molar-refractivity contribution in [2.75, 3.05) is 11.4 Å². The Morgan fingerprint density at radius 2 is 1.86 bits per heavy atom. The summed E-state index contributed by atoms with van der Waals surface area (Å²) in [5.41, 5.74) is 3.71. The van der Waals surface area contributed by atoms with Crippen molar-refractivity contribution in [3.05, 3.63) is 40.9 Å². The summed E-state index contributed by atoms with van der Waals surface area (Å²) in [6.07, 6.45) is 0. The quantitative estimate of drug-likeness (QED) is 0.881. The van der Waals surface area contributed by atoms with Gasteiger partial charge in [0.05, 0.1) is 5.69 Å². The van der Waals surface area contributed by atoms with Crippen molar-refractivity contribution in [1.82, 2.24) is 10.3 Å². The first-order valence-electron chi connectivity index (χ1n) is 7.42. The normalized spacial score (nSPS) is 11.7. The lowest BCUT2D eigenvalue weighted by Crippen LogP contribution is -2.35. The highest BCUT2D eigenvalue weighted by molar-refractivity contribution is 7.13. The summed E-state index contributed by atoms with van der Waals surface area (Å²) in [6, 6.07) is 8.61. The zero-order valence-electron chi connectivity index (χ0n) is 13.6. The molecule has 0 aliphatic rings. The summed E-state index contributed by atoms with van der Waals surface area (Å²) >= 11 is 1.71. The summed E-state index contributed by atoms with van der Waals surface area (Å²) in [7, 11) is 0. The SMILES string of the molecule is CCN(c1ccc(C)cc1)c1nc(CNC(C)(C)C)cs1. The van der Waals surface area contributed by atoms with Crippen LogP contribution in [0.5, 0.6) is 0 Å². The summed E-state index contributed by atoms with van der Waals surface area (Å²) in [6.45, 7) is 12.5. The van der Waals surface area contributed by atoms with Crippen LogP contribution in [0.2, 0.25) is 0 Å². The predicted octanol–water partition coefficient (Wildman–Crippen LogP) is 4.50. The molecule has 0 atom stereocenters. The van der Waals surface area contributed by atoms with Crippen LogP contribution in [-0.4, -0.2) is 17.1 Å². The molecule has 3 nitrogen and oxygen atoms in total. The second-order valence-corrected chi connectivity index (χ2v) is 7.14. The molecule has 0 radical (unpaired) electrons. The van der Waals surface area contributed by atoms with E-state index < -0.39 is 0 Å². The molecule has 0 saturated heterocycles. The number of rotatable bonds is 5. The molecule has 1 heterocycles. The third kappa shape index (κ3) is 4.55. The average molecular weight is 303 g/mol. The maximum absolute atomic E-state index is 4.77. The molecule has 1 aromatic carbocycles. The molecule has 1 N–H and O–H groups in total. The molecule has 0 unspecified atom stereocenters. The van der Waals surface area contributed by atoms with Crippen LogP contribution in [0.15, 0.2) is 29.6 Å². The third-order valence-electron chi connectivity index (χ3n) is 3.23. The number of aryl methyl sites for hydroxylation is 1. The van der Waals surface area contributed by atoms with Crippen LogP contribution in [-0.2, 0) is 6.54 Å². The van der Waals surface area contributed by atoms with Gasteiger partial charge in [-0.25, -0.2) is 4.98 Å². The van der Waals surface area contributed by atoms with Gasteiger partial charge in [-0.15, -0.1) is 11.3 Å². The molecule has 0 saturated carbocycles. The number of anilines is 2. The fraction of sp³-hybridized carbons (Fsp3) is 0.471. The van der Waals surface area contributed by atoms with Gasteiger partial charge < -0.3 is 10.2 Å². The van der Waals surface area contributed by atoms with Gasteiger partial charge in [0.15, 0.2) is 5.13 Å². The maximum atomic E-state index is 4.77. The first-order valence-corrected chi connectivity index (χ1v) is 8.30. The van der Waals surface area contributed by atoms with E-state index in [1.54, 1.807) is 11.3 Å². The fourth-order valence-corrected chi connectivity index (χ4v) is 2.92. The summed E-state index contributed by atoms with van der Waals surface area (Å²) in [5, 5.41) is 6.69. The van der Waals surface area contributed by atoms with Gasteiger partial charge >= 0.3 is 0 Å². The monoisotopic (exact) mass is 303 g/mol. The van der Waals surface area contributed by atoms with Crippen LogP contribution in [0.4, 0.5) is 10.8 Å². The molecule has 114 valence electrons. The Morgan fingerprint density at radius 1 is 1.19 bits per heavy atom. The van der Waals surface area contributed by atoms with E-state index >= 15 is 0 Å². The molecule has 0 spiro atoms. The van der Waals surface area contributed by atoms with Gasteiger partial charge in [0.25, 0.3) is 0 Å². The standard InChI is InChI=1S/C17H25N3S/c1-6-20(15-9-7-13(2)8-10-15)16-19-14(12-21-16)11-18-17(3,4)5/h7-10,12,18H,6,11H2,1-5H3. The van der Waals surface area contributed by atoms with E-state index in [0.717, 1.165) is 23.9 Å². The molecule has 21 heavy (non-hydrogen) atoms. The van der Waals surface area contributed by atoms with Gasteiger partial charge in [-0.3, -0.25) is 0 Å². The highest BCUT2D eigenvalue weighted by atomic mass is 32.1. The minimum Gasteiger partial charge on any atom is -0.318 e. The Balaban J connectivity index is 2.12. The molecule has 0 bridgehead atoms. The second kappa shape index (κ2) is 6.58. The van der Waals surface area contributed by atoms with Crippen molar-refractivity contribution in [2.24, 2.45) is 0 Å². The molecule has 1 aromatic heterocycles. The van der Waals surface area contributed by atoms with Gasteiger partial charge in [-0.2, -0.15) is 0 Å². The van der Waals surface area contributed by atoms with Crippen molar-refractivity contribution < 1.29 is 0 Å². The number of hydrogen-bond donors (Lipinski definition) is 1. The van der Waals surface area contributed by atoms with Gasteiger partial charge in [0, 0.05) is 29.7 Å². The number of nitrogens with zero attached hydrogens (tertiary/aromatic N) is 2. The van der Waals surface area contributed by atoms with Gasteiger partial charge in [-0.05, 0) is 46.8 Å². The lowest BCUT2D eigenvalue weighted by atomic mass is 10.1. The second-order valence-electron chi connectivity index (χ2n) is 6.30. The minimum absolute atomic E-state index is 0.116. The Hall–Kier alpha value is -1.39. The highest BCUT2D eigenvalue weighted by Gasteiger charge is 2.13. The van der Waals surface area contributed by atoms with E-state index in [2.05, 4.69) is 74.5 Å². The molecule has 2 rings (SSSR count). The number of nitrogens with one attached hydrogen (secondary N) is 1. The van der Waals surface area contributed by atoms with Crippen LogP contribution in [0.1, 0.15) is 39.0 Å². The minimum atomic E-state index is 0.116. The lowest BCUT2D eigenvalue weighted by Gasteiger charge is -2.21. The van der Waals surface area contributed by atoms with Crippen molar-refractivity contribution in [2.45, 2.75) is 46.7 Å². The van der Waals surface area contributed by atoms with E-state index in [1.807, 2.05) is 0 Å². The van der Waals surface area contributed by atoms with E-state index in [9.17, 15) is 0 Å². The third-order valence-corrected chi connectivity index (χ3v) is 4.14. The summed E-state index contributed by atoms with van der Waals surface area (Å²) < 4.78 is 0. The van der Waals surface area contributed by atoms with Crippen LogP contribution in [0.25, 0.3) is 0 Å². The summed E-state index contributed by atoms with van der Waals surface area (Å²) in [4.78, 5) is 7.02. The van der Waals surface area contributed by atoms with Crippen molar-refractivity contribution in [3.8, 4) is 0 Å². The highest BCUT2D eigenvalue weighted by Crippen LogP contribution is 2.28. The van der Waals surface area contributed by atoms with Crippen LogP contribution in [0.3, 0.4) is 0 Å². The smallest absolute Gasteiger partial charge is 0.190 e. The van der Waals surface area contributed by atoms with E-state index in [0.29, 0.717) is 0 Å². The van der Waals surface area contributed by atoms with Crippen molar-refractivity contribution in [1.29, 1.82) is 0 Å². The molecular weight excluding hydrogens is 278 g/mol. The molecule has 0 aliphatic carbocycles. The number of aromatic nitrogens is 1. The Kier molecular flexibility index (Phi) is 5.01. The van der Waals surface area contributed by atoms with Crippen LogP contribution >= 0.6 is 11.3 Å². The molecule has 2 aromatic rings. The first-order chi connectivity index (χ1) is 9.89. The van der Waals surface area contributed by atoms with Gasteiger partial charge in [-0.1, -0.05) is 17.7 Å². The zero-order chi connectivity index (χ0) is 15.5. The van der Waals surface area contributed by atoms with E-state index in [1.165, 1.54) is 11.3 Å². The fourth-order valence-electron chi connectivity index (χ4n) is 2.01. The molecular formula is C17H25N3S. The maximum Gasteiger partial charge on any atom is 0.190 e. The van der Waals surface area contributed by atoms with E-state index in [-0.39, 0.29) is 5.54 Å². The Labute approximate surface area is 132 Å². The summed E-state index contributed by atoms with van der Waals surface area (Å²) in [5.74, 6) is 0. The van der Waals surface area contributed by atoms with Crippen molar-refractivity contribution in [3.63, 3.8) is 0 Å². The largest absolute Gasteiger partial charge is 0.318 e. The topological polar surface area (TPSA) is 28.2 Å². The zero-order valence-corrected chi connectivity index (χ0v) is 14.4. The number of hydrogen-bond acceptors (Lipinski definition) is 4. The molecule has 0 fully saturated rings. The van der Waals surface area contributed by atoms with Crippen LogP contribution in [0, 0.1) is 6.92 Å². The van der Waals surface area contributed by atoms with Gasteiger partial charge in [0.1, 0.15) is 0 Å². The Morgan fingerprint density at radius 3 is 2.43 bits per heavy atom. The van der Waals surface area contributed by atoms with Crippen molar-refractivity contribution >= 4 is 22.2 Å². The number of thiazole rings is 1. The van der Waals surface area contributed by atoms with E-state index in [4.69, 9.17) is 4.98 Å². The molecule has 0 aliphatic heterocycles. The molecule has 4 heteroatoms. The predicted molar refractivity (Wildman–Crippen MR) is 92.6 cm³/mol. The average Bonchev–Trinajstić information content (AvgIpc) is 2.87. The molecule has 0 amide bonds. The Bertz CT molecular complexity index is 566.